The van der Waals surface area contributed by atoms with Gasteiger partial charge in [-0.25, -0.2) is 9.79 Å². The lowest BCUT2D eigenvalue weighted by Crippen LogP contribution is -2.48. The van der Waals surface area contributed by atoms with Crippen molar-refractivity contribution in [2.75, 3.05) is 6.54 Å². The summed E-state index contributed by atoms with van der Waals surface area (Å²) in [6.45, 7) is 11.0. The fraction of sp³-hybridized carbons (Fsp3) is 0.750. The van der Waals surface area contributed by atoms with E-state index >= 15 is 0 Å². The predicted octanol–water partition coefficient (Wildman–Crippen LogP) is 3.13. The SMILES string of the molecule is CCNC(=NCc1cc(CC)no1)NC1CCC(NC(=O)OC(C)(C)C)CC1. The number of carbonyl (C=O) groups is 1. The summed E-state index contributed by atoms with van der Waals surface area (Å²) in [7, 11) is 0. The van der Waals surface area contributed by atoms with E-state index in [9.17, 15) is 4.79 Å². The molecule has 28 heavy (non-hydrogen) atoms. The van der Waals surface area contributed by atoms with Crippen LogP contribution < -0.4 is 16.0 Å². The highest BCUT2D eigenvalue weighted by atomic mass is 16.6. The molecule has 0 bridgehead atoms. The van der Waals surface area contributed by atoms with E-state index in [1.807, 2.05) is 40.7 Å². The third kappa shape index (κ3) is 7.78. The quantitative estimate of drug-likeness (QED) is 0.507. The fourth-order valence-corrected chi connectivity index (χ4v) is 3.12. The molecule has 0 aromatic carbocycles. The Balaban J connectivity index is 1.79. The Bertz CT molecular complexity index is 643. The second-order valence-electron chi connectivity index (χ2n) is 8.17. The minimum Gasteiger partial charge on any atom is -0.444 e. The van der Waals surface area contributed by atoms with Gasteiger partial charge in [0, 0.05) is 24.7 Å². The van der Waals surface area contributed by atoms with Crippen LogP contribution in [-0.4, -0.2) is 41.4 Å². The first-order chi connectivity index (χ1) is 13.3. The summed E-state index contributed by atoms with van der Waals surface area (Å²) in [5, 5.41) is 13.7. The van der Waals surface area contributed by atoms with Crippen molar-refractivity contribution in [3.8, 4) is 0 Å². The van der Waals surface area contributed by atoms with Gasteiger partial charge in [0.15, 0.2) is 11.7 Å². The van der Waals surface area contributed by atoms with Crippen molar-refractivity contribution in [3.63, 3.8) is 0 Å². The molecule has 0 spiro atoms. The van der Waals surface area contributed by atoms with Crippen LogP contribution in [0.2, 0.25) is 0 Å². The average molecular weight is 394 g/mol. The maximum atomic E-state index is 11.9. The Morgan fingerprint density at radius 2 is 1.86 bits per heavy atom. The summed E-state index contributed by atoms with van der Waals surface area (Å²) in [6.07, 6.45) is 4.28. The molecule has 1 aromatic heterocycles. The molecule has 0 atom stereocenters. The van der Waals surface area contributed by atoms with Crippen molar-refractivity contribution in [1.82, 2.24) is 21.1 Å². The topological polar surface area (TPSA) is 101 Å². The third-order valence-electron chi connectivity index (χ3n) is 4.50. The average Bonchev–Trinajstić information content (AvgIpc) is 3.08. The van der Waals surface area contributed by atoms with E-state index < -0.39 is 5.60 Å². The molecule has 1 aromatic rings. The minimum atomic E-state index is -0.471. The lowest BCUT2D eigenvalue weighted by Gasteiger charge is -2.31. The van der Waals surface area contributed by atoms with Crippen molar-refractivity contribution in [2.45, 2.75) is 91.0 Å². The molecule has 1 heterocycles. The Morgan fingerprint density at radius 1 is 1.21 bits per heavy atom. The molecule has 0 radical (unpaired) electrons. The Labute approximate surface area is 167 Å². The standard InChI is InChI=1S/C20H35N5O3/c1-6-14-12-17(28-25-14)13-22-18(21-7-2)23-15-8-10-16(11-9-15)24-19(26)27-20(3,4)5/h12,15-16H,6-11,13H2,1-5H3,(H,24,26)(H2,21,22,23). The van der Waals surface area contributed by atoms with Crippen LogP contribution in [0.15, 0.2) is 15.6 Å². The van der Waals surface area contributed by atoms with Gasteiger partial charge >= 0.3 is 6.09 Å². The zero-order chi connectivity index (χ0) is 20.6. The third-order valence-corrected chi connectivity index (χ3v) is 4.50. The molecule has 158 valence electrons. The van der Waals surface area contributed by atoms with Gasteiger partial charge in [-0.1, -0.05) is 12.1 Å². The molecule has 1 aliphatic rings. The van der Waals surface area contributed by atoms with Crippen LogP contribution in [0.4, 0.5) is 4.79 Å². The van der Waals surface area contributed by atoms with Gasteiger partial charge < -0.3 is 25.2 Å². The summed E-state index contributed by atoms with van der Waals surface area (Å²) in [4.78, 5) is 16.5. The van der Waals surface area contributed by atoms with Crippen molar-refractivity contribution in [3.05, 3.63) is 17.5 Å². The monoisotopic (exact) mass is 393 g/mol. The van der Waals surface area contributed by atoms with Gasteiger partial charge in [-0.3, -0.25) is 0 Å². The zero-order valence-corrected chi connectivity index (χ0v) is 17.8. The van der Waals surface area contributed by atoms with Crippen molar-refractivity contribution in [1.29, 1.82) is 0 Å². The van der Waals surface area contributed by atoms with Crippen molar-refractivity contribution < 1.29 is 14.1 Å². The normalized spacial score (nSPS) is 20.5. The molecule has 8 nitrogen and oxygen atoms in total. The first-order valence-corrected chi connectivity index (χ1v) is 10.3. The highest BCUT2D eigenvalue weighted by Crippen LogP contribution is 2.19. The van der Waals surface area contributed by atoms with E-state index in [2.05, 4.69) is 26.1 Å². The zero-order valence-electron chi connectivity index (χ0n) is 17.8. The second-order valence-corrected chi connectivity index (χ2v) is 8.17. The molecule has 1 aliphatic carbocycles. The molecule has 1 amide bonds. The van der Waals surface area contributed by atoms with Crippen LogP contribution in [0.1, 0.15) is 71.8 Å². The van der Waals surface area contributed by atoms with Gasteiger partial charge in [-0.15, -0.1) is 0 Å². The number of hydrogen-bond donors (Lipinski definition) is 3. The summed E-state index contributed by atoms with van der Waals surface area (Å²) in [5.74, 6) is 1.54. The number of hydrogen-bond acceptors (Lipinski definition) is 5. The predicted molar refractivity (Wildman–Crippen MR) is 109 cm³/mol. The van der Waals surface area contributed by atoms with Gasteiger partial charge in [-0.05, 0) is 59.8 Å². The molecule has 0 saturated heterocycles. The number of rotatable bonds is 6. The number of nitrogens with one attached hydrogen (secondary N) is 3. The molecular formula is C20H35N5O3. The number of aromatic nitrogens is 1. The van der Waals surface area contributed by atoms with Crippen LogP contribution in [-0.2, 0) is 17.7 Å². The van der Waals surface area contributed by atoms with Gasteiger partial charge in [-0.2, -0.15) is 0 Å². The van der Waals surface area contributed by atoms with Crippen LogP contribution in [0, 0.1) is 0 Å². The summed E-state index contributed by atoms with van der Waals surface area (Å²) < 4.78 is 10.6. The lowest BCUT2D eigenvalue weighted by molar-refractivity contribution is 0.0490. The number of amides is 1. The number of aliphatic imine (C=N–C) groups is 1. The highest BCUT2D eigenvalue weighted by Gasteiger charge is 2.25. The summed E-state index contributed by atoms with van der Waals surface area (Å²) in [6, 6.07) is 2.44. The van der Waals surface area contributed by atoms with Crippen molar-refractivity contribution >= 4 is 12.1 Å². The smallest absolute Gasteiger partial charge is 0.407 e. The van der Waals surface area contributed by atoms with E-state index in [0.717, 1.165) is 56.1 Å². The van der Waals surface area contributed by atoms with Crippen LogP contribution in [0.3, 0.4) is 0 Å². The Morgan fingerprint density at radius 3 is 2.39 bits per heavy atom. The van der Waals surface area contributed by atoms with Crippen LogP contribution in [0.25, 0.3) is 0 Å². The summed E-state index contributed by atoms with van der Waals surface area (Å²) >= 11 is 0. The van der Waals surface area contributed by atoms with Gasteiger partial charge in [0.05, 0.1) is 5.69 Å². The number of guanidine groups is 1. The lowest BCUT2D eigenvalue weighted by atomic mass is 9.91. The molecule has 0 aliphatic heterocycles. The molecule has 0 unspecified atom stereocenters. The number of nitrogens with zero attached hydrogens (tertiary/aromatic N) is 2. The Kier molecular flexibility index (Phi) is 8.14. The first kappa shape index (κ1) is 22.0. The van der Waals surface area contributed by atoms with E-state index in [1.165, 1.54) is 0 Å². The maximum Gasteiger partial charge on any atom is 0.407 e. The van der Waals surface area contributed by atoms with Crippen LogP contribution >= 0.6 is 0 Å². The van der Waals surface area contributed by atoms with Crippen LogP contribution in [0.5, 0.6) is 0 Å². The molecule has 2 rings (SSSR count). The largest absolute Gasteiger partial charge is 0.444 e. The molecule has 8 heteroatoms. The second kappa shape index (κ2) is 10.3. The number of ether oxygens (including phenoxy) is 1. The number of alkyl carbamates (subject to hydrolysis) is 1. The van der Waals surface area contributed by atoms with E-state index in [1.54, 1.807) is 0 Å². The first-order valence-electron chi connectivity index (χ1n) is 10.3. The van der Waals surface area contributed by atoms with Crippen molar-refractivity contribution in [2.24, 2.45) is 4.99 Å². The van der Waals surface area contributed by atoms with E-state index in [-0.39, 0.29) is 12.1 Å². The number of carbonyl (C=O) groups excluding carboxylic acids is 1. The maximum absolute atomic E-state index is 11.9. The molecular weight excluding hydrogens is 358 g/mol. The molecule has 3 N–H and O–H groups in total. The minimum absolute atomic E-state index is 0.161. The van der Waals surface area contributed by atoms with Gasteiger partial charge in [0.2, 0.25) is 0 Å². The van der Waals surface area contributed by atoms with Gasteiger partial charge in [0.1, 0.15) is 12.1 Å². The number of aryl methyl sites for hydroxylation is 1. The van der Waals surface area contributed by atoms with E-state index in [4.69, 9.17) is 9.26 Å². The molecule has 1 saturated carbocycles. The Hall–Kier alpha value is -2.25. The fourth-order valence-electron chi connectivity index (χ4n) is 3.12. The van der Waals surface area contributed by atoms with E-state index in [0.29, 0.717) is 12.6 Å². The summed E-state index contributed by atoms with van der Waals surface area (Å²) in [5.41, 5.74) is 0.473. The molecule has 1 fully saturated rings. The highest BCUT2D eigenvalue weighted by molar-refractivity contribution is 5.80. The van der Waals surface area contributed by atoms with Gasteiger partial charge in [0.25, 0.3) is 0 Å².